The first kappa shape index (κ1) is 22.6. The number of rotatable bonds is 7. The Bertz CT molecular complexity index is 874. The van der Waals surface area contributed by atoms with Crippen molar-refractivity contribution in [3.8, 4) is 11.8 Å². The first-order valence-electron chi connectivity index (χ1n) is 8.92. The molecule has 0 spiro atoms. The predicted molar refractivity (Wildman–Crippen MR) is 117 cm³/mol. The lowest BCUT2D eigenvalue weighted by Gasteiger charge is -2.28. The van der Waals surface area contributed by atoms with Crippen LogP contribution in [0.4, 0.5) is 0 Å². The molecule has 2 N–H and O–H groups in total. The highest BCUT2D eigenvalue weighted by Gasteiger charge is 2.38. The normalized spacial score (nSPS) is 16.5. The SMILES string of the molecule is CCCCOc1c(I)cc(Br)cc1C1C(C#N)=C(N)OC(C)=C1C(=O)OCC. The molecule has 1 heterocycles. The largest absolute Gasteiger partial charge is 0.492 e. The van der Waals surface area contributed by atoms with Crippen molar-refractivity contribution in [1.82, 2.24) is 0 Å². The quantitative estimate of drug-likeness (QED) is 0.290. The molecular formula is C20H22BrIN2O4. The Kier molecular flexibility index (Phi) is 8.19. The highest BCUT2D eigenvalue weighted by Crippen LogP contribution is 2.45. The monoisotopic (exact) mass is 560 g/mol. The van der Waals surface area contributed by atoms with Gasteiger partial charge < -0.3 is 19.9 Å². The number of nitrogens with zero attached hydrogens (tertiary/aromatic N) is 1. The second-order valence-corrected chi connectivity index (χ2v) is 8.20. The fourth-order valence-corrected chi connectivity index (χ4v) is 4.64. The number of ether oxygens (including phenoxy) is 3. The molecule has 28 heavy (non-hydrogen) atoms. The lowest BCUT2D eigenvalue weighted by atomic mass is 9.82. The van der Waals surface area contributed by atoms with Crippen molar-refractivity contribution < 1.29 is 19.0 Å². The average Bonchev–Trinajstić information content (AvgIpc) is 2.62. The Morgan fingerprint density at radius 3 is 2.75 bits per heavy atom. The molecular weight excluding hydrogens is 539 g/mol. The lowest BCUT2D eigenvalue weighted by molar-refractivity contribution is -0.139. The molecule has 6 nitrogen and oxygen atoms in total. The maximum absolute atomic E-state index is 12.7. The van der Waals surface area contributed by atoms with Gasteiger partial charge in [0.2, 0.25) is 5.88 Å². The number of nitriles is 1. The number of allylic oxidation sites excluding steroid dienone is 2. The molecule has 0 aromatic heterocycles. The molecule has 0 saturated heterocycles. The number of hydrogen-bond acceptors (Lipinski definition) is 6. The highest BCUT2D eigenvalue weighted by atomic mass is 127. The van der Waals surface area contributed by atoms with Gasteiger partial charge in [0.15, 0.2) is 0 Å². The van der Waals surface area contributed by atoms with Crippen LogP contribution in [0.3, 0.4) is 0 Å². The standard InChI is InChI=1S/C20H22BrIN2O4/c1-4-6-7-27-18-13(8-12(21)9-15(18)22)17-14(10-23)19(24)28-11(3)16(17)20(25)26-5-2/h8-9,17H,4-7,24H2,1-3H3. The van der Waals surface area contributed by atoms with Gasteiger partial charge in [-0.15, -0.1) is 0 Å². The fraction of sp³-hybridized carbons (Fsp3) is 0.400. The third-order valence-electron chi connectivity index (χ3n) is 4.19. The zero-order valence-corrected chi connectivity index (χ0v) is 19.7. The third kappa shape index (κ3) is 4.81. The summed E-state index contributed by atoms with van der Waals surface area (Å²) in [6.45, 7) is 6.18. The second kappa shape index (κ2) is 10.2. The summed E-state index contributed by atoms with van der Waals surface area (Å²) in [7, 11) is 0. The number of halogens is 2. The Morgan fingerprint density at radius 1 is 1.43 bits per heavy atom. The van der Waals surface area contributed by atoms with Crippen molar-refractivity contribution in [2.24, 2.45) is 5.73 Å². The summed E-state index contributed by atoms with van der Waals surface area (Å²) in [6.07, 6.45) is 1.88. The van der Waals surface area contributed by atoms with E-state index in [1.54, 1.807) is 13.8 Å². The molecule has 0 saturated carbocycles. The molecule has 0 fully saturated rings. The van der Waals surface area contributed by atoms with Gasteiger partial charge in [0, 0.05) is 10.0 Å². The van der Waals surface area contributed by atoms with Gasteiger partial charge in [-0.1, -0.05) is 29.3 Å². The minimum absolute atomic E-state index is 0.0208. The van der Waals surface area contributed by atoms with Gasteiger partial charge in [-0.25, -0.2) is 4.79 Å². The zero-order chi connectivity index (χ0) is 20.8. The van der Waals surface area contributed by atoms with Crippen LogP contribution in [-0.4, -0.2) is 19.2 Å². The van der Waals surface area contributed by atoms with E-state index in [4.69, 9.17) is 19.9 Å². The molecule has 150 valence electrons. The van der Waals surface area contributed by atoms with E-state index in [-0.39, 0.29) is 23.6 Å². The van der Waals surface area contributed by atoms with Gasteiger partial charge >= 0.3 is 5.97 Å². The Hall–Kier alpha value is -1.73. The molecule has 0 amide bonds. The molecule has 0 radical (unpaired) electrons. The summed E-state index contributed by atoms with van der Waals surface area (Å²) >= 11 is 5.68. The van der Waals surface area contributed by atoms with E-state index >= 15 is 0 Å². The van der Waals surface area contributed by atoms with Crippen molar-refractivity contribution in [3.05, 3.63) is 48.5 Å². The van der Waals surface area contributed by atoms with Crippen LogP contribution < -0.4 is 10.5 Å². The number of carbonyl (C=O) groups is 1. The van der Waals surface area contributed by atoms with Crippen LogP contribution in [0.15, 0.2) is 39.4 Å². The fourth-order valence-electron chi connectivity index (χ4n) is 2.93. The summed E-state index contributed by atoms with van der Waals surface area (Å²) in [4.78, 5) is 12.7. The van der Waals surface area contributed by atoms with Gasteiger partial charge in [-0.2, -0.15) is 5.26 Å². The van der Waals surface area contributed by atoms with Crippen molar-refractivity contribution in [3.63, 3.8) is 0 Å². The van der Waals surface area contributed by atoms with Gasteiger partial charge in [-0.3, -0.25) is 0 Å². The van der Waals surface area contributed by atoms with Crippen LogP contribution in [0.25, 0.3) is 0 Å². The molecule has 1 aliphatic rings. The Balaban J connectivity index is 2.70. The van der Waals surface area contributed by atoms with Crippen LogP contribution >= 0.6 is 38.5 Å². The lowest BCUT2D eigenvalue weighted by Crippen LogP contribution is -2.26. The van der Waals surface area contributed by atoms with Crippen molar-refractivity contribution in [2.45, 2.75) is 39.5 Å². The summed E-state index contributed by atoms with van der Waals surface area (Å²) in [6, 6.07) is 5.86. The van der Waals surface area contributed by atoms with Crippen molar-refractivity contribution in [1.29, 1.82) is 5.26 Å². The van der Waals surface area contributed by atoms with Crippen molar-refractivity contribution in [2.75, 3.05) is 13.2 Å². The maximum atomic E-state index is 12.7. The van der Waals surface area contributed by atoms with Gasteiger partial charge in [0.05, 0.1) is 28.3 Å². The summed E-state index contributed by atoms with van der Waals surface area (Å²) < 4.78 is 18.4. The summed E-state index contributed by atoms with van der Waals surface area (Å²) in [5, 5.41) is 9.76. The molecule has 1 unspecified atom stereocenters. The molecule has 1 aromatic carbocycles. The second-order valence-electron chi connectivity index (χ2n) is 6.12. The van der Waals surface area contributed by atoms with Gasteiger partial charge in [0.1, 0.15) is 23.2 Å². The minimum atomic E-state index is -0.736. The van der Waals surface area contributed by atoms with E-state index in [0.29, 0.717) is 23.7 Å². The number of benzene rings is 1. The van der Waals surface area contributed by atoms with Gasteiger partial charge in [0.25, 0.3) is 0 Å². The van der Waals surface area contributed by atoms with Crippen LogP contribution in [0.1, 0.15) is 45.1 Å². The molecule has 0 aliphatic carbocycles. The van der Waals surface area contributed by atoms with Crippen LogP contribution in [-0.2, 0) is 14.3 Å². The number of unbranched alkanes of at least 4 members (excludes halogenated alkanes) is 1. The molecule has 8 heteroatoms. The molecule has 1 aliphatic heterocycles. The van der Waals surface area contributed by atoms with Crippen LogP contribution in [0, 0.1) is 14.9 Å². The van der Waals surface area contributed by atoms with E-state index in [9.17, 15) is 10.1 Å². The zero-order valence-electron chi connectivity index (χ0n) is 16.0. The summed E-state index contributed by atoms with van der Waals surface area (Å²) in [5.41, 5.74) is 7.06. The van der Waals surface area contributed by atoms with Crippen LogP contribution in [0.5, 0.6) is 5.75 Å². The van der Waals surface area contributed by atoms with E-state index in [2.05, 4.69) is 51.5 Å². The smallest absolute Gasteiger partial charge is 0.338 e. The summed E-state index contributed by atoms with van der Waals surface area (Å²) in [5.74, 6) is -0.360. The molecule has 2 rings (SSSR count). The maximum Gasteiger partial charge on any atom is 0.338 e. The third-order valence-corrected chi connectivity index (χ3v) is 5.45. The Labute approximate surface area is 187 Å². The number of esters is 1. The Morgan fingerprint density at radius 2 is 2.14 bits per heavy atom. The molecule has 0 bridgehead atoms. The number of carbonyl (C=O) groups excluding carboxylic acids is 1. The number of hydrogen-bond donors (Lipinski definition) is 1. The van der Waals surface area contributed by atoms with E-state index in [1.165, 1.54) is 0 Å². The van der Waals surface area contributed by atoms with Gasteiger partial charge in [-0.05, 0) is 55.0 Å². The number of nitrogens with two attached hydrogens (primary N) is 1. The van der Waals surface area contributed by atoms with E-state index in [1.807, 2.05) is 12.1 Å². The van der Waals surface area contributed by atoms with Crippen LogP contribution in [0.2, 0.25) is 0 Å². The van der Waals surface area contributed by atoms with Crippen molar-refractivity contribution >= 4 is 44.5 Å². The molecule has 1 atom stereocenters. The van der Waals surface area contributed by atoms with E-state index in [0.717, 1.165) is 20.9 Å². The van der Waals surface area contributed by atoms with E-state index < -0.39 is 11.9 Å². The first-order chi connectivity index (χ1) is 13.3. The predicted octanol–water partition coefficient (Wildman–Crippen LogP) is 4.88. The minimum Gasteiger partial charge on any atom is -0.492 e. The molecule has 1 aromatic rings. The first-order valence-corrected chi connectivity index (χ1v) is 10.8. The average molecular weight is 561 g/mol. The topological polar surface area (TPSA) is 94.6 Å². The highest BCUT2D eigenvalue weighted by molar-refractivity contribution is 14.1.